The zero-order chi connectivity index (χ0) is 9.78. The maximum absolute atomic E-state index is 8.67. The van der Waals surface area contributed by atoms with Crippen molar-refractivity contribution in [1.29, 1.82) is 5.26 Å². The number of hydrogen-bond acceptors (Lipinski definition) is 3. The van der Waals surface area contributed by atoms with Crippen LogP contribution in [-0.2, 0) is 16.3 Å². The van der Waals surface area contributed by atoms with Crippen LogP contribution in [0, 0.1) is 17.2 Å². The Bertz CT molecular complexity index is 222. The molecule has 0 aromatic carbocycles. The van der Waals surface area contributed by atoms with Gasteiger partial charge in [0.2, 0.25) is 0 Å². The van der Waals surface area contributed by atoms with E-state index in [0.717, 1.165) is 0 Å². The third kappa shape index (κ3) is 4.21. The van der Waals surface area contributed by atoms with Crippen LogP contribution in [0.2, 0.25) is 0 Å². The lowest BCUT2D eigenvalue weighted by molar-refractivity contribution is 0.297. The van der Waals surface area contributed by atoms with E-state index in [-0.39, 0.29) is 5.66 Å². The molecular weight excluding hydrogens is 189 g/mol. The second kappa shape index (κ2) is 4.97. The predicted molar refractivity (Wildman–Crippen MR) is 56.1 cm³/mol. The number of nitriles is 1. The maximum atomic E-state index is 8.67. The molecule has 0 bridgehead atoms. The molecule has 0 aliphatic heterocycles. The van der Waals surface area contributed by atoms with Crippen LogP contribution < -0.4 is 0 Å². The van der Waals surface area contributed by atoms with Gasteiger partial charge in [0.05, 0.1) is 24.6 Å². The van der Waals surface area contributed by atoms with Crippen molar-refractivity contribution < 1.29 is 4.52 Å². The van der Waals surface area contributed by atoms with Gasteiger partial charge >= 0.3 is 0 Å². The number of rotatable bonds is 4. The van der Waals surface area contributed by atoms with Crippen molar-refractivity contribution in [3.63, 3.8) is 0 Å². The van der Waals surface area contributed by atoms with E-state index in [1.807, 2.05) is 13.6 Å². The van der Waals surface area contributed by atoms with Gasteiger partial charge in [0, 0.05) is 0 Å². The topological polar surface area (TPSA) is 33.0 Å². The summed E-state index contributed by atoms with van der Waals surface area (Å²) in [5, 5.41) is 8.67. The Morgan fingerprint density at radius 2 is 2.00 bits per heavy atom. The Morgan fingerprint density at radius 1 is 1.50 bits per heavy atom. The molecule has 0 aliphatic carbocycles. The molecule has 0 amide bonds. The highest BCUT2D eigenvalue weighted by Gasteiger charge is 2.19. The zero-order valence-electron chi connectivity index (χ0n) is 8.07. The standard InChI is InChI=1S/C8H16NOPS/c1-7(2)6-10-11(4,12)8(3)5-9/h7-8H,6H2,1-4H3/t8-,11-/m0/s1. The first kappa shape index (κ1) is 12.1. The van der Waals surface area contributed by atoms with Crippen LogP contribution in [0.1, 0.15) is 20.8 Å². The minimum atomic E-state index is -1.87. The average Bonchev–Trinajstić information content (AvgIpc) is 1.99. The fraction of sp³-hybridized carbons (Fsp3) is 0.875. The van der Waals surface area contributed by atoms with Crippen molar-refractivity contribution in [2.75, 3.05) is 13.3 Å². The molecule has 0 aliphatic rings. The van der Waals surface area contributed by atoms with Crippen molar-refractivity contribution in [1.82, 2.24) is 0 Å². The van der Waals surface area contributed by atoms with Gasteiger partial charge in [-0.25, -0.2) is 0 Å². The molecular formula is C8H16NOPS. The van der Waals surface area contributed by atoms with E-state index >= 15 is 0 Å². The molecule has 0 rings (SSSR count). The van der Waals surface area contributed by atoms with Gasteiger partial charge in [0.1, 0.15) is 0 Å². The quantitative estimate of drug-likeness (QED) is 0.661. The van der Waals surface area contributed by atoms with Gasteiger partial charge in [-0.15, -0.1) is 0 Å². The van der Waals surface area contributed by atoms with E-state index < -0.39 is 6.26 Å². The fourth-order valence-corrected chi connectivity index (χ4v) is 1.87. The molecule has 2 atom stereocenters. The summed E-state index contributed by atoms with van der Waals surface area (Å²) in [5.74, 6) is 0.484. The molecule has 2 nitrogen and oxygen atoms in total. The number of hydrogen-bond donors (Lipinski definition) is 0. The second-order valence-corrected chi connectivity index (χ2v) is 8.43. The normalized spacial score (nSPS) is 18.3. The second-order valence-electron chi connectivity index (χ2n) is 3.40. The fourth-order valence-electron chi connectivity index (χ4n) is 0.514. The Balaban J connectivity index is 4.07. The van der Waals surface area contributed by atoms with Gasteiger partial charge in [-0.3, -0.25) is 0 Å². The van der Waals surface area contributed by atoms with Crippen LogP contribution in [0.4, 0.5) is 0 Å². The highest BCUT2D eigenvalue weighted by molar-refractivity contribution is 8.12. The first-order chi connectivity index (χ1) is 5.40. The minimum Gasteiger partial charge on any atom is -0.349 e. The van der Waals surface area contributed by atoms with Crippen LogP contribution in [0.3, 0.4) is 0 Å². The summed E-state index contributed by atoms with van der Waals surface area (Å²) in [6, 6.07) is 2.15. The lowest BCUT2D eigenvalue weighted by Gasteiger charge is -2.20. The Morgan fingerprint density at radius 3 is 2.33 bits per heavy atom. The molecule has 0 fully saturated rings. The van der Waals surface area contributed by atoms with E-state index in [4.69, 9.17) is 21.6 Å². The lowest BCUT2D eigenvalue weighted by atomic mass is 10.2. The Hall–Kier alpha value is 0.100. The molecule has 0 N–H and O–H groups in total. The van der Waals surface area contributed by atoms with Crippen LogP contribution in [0.25, 0.3) is 0 Å². The van der Waals surface area contributed by atoms with Gasteiger partial charge in [-0.2, -0.15) is 5.26 Å². The molecule has 0 unspecified atom stereocenters. The molecule has 4 heteroatoms. The molecule has 0 aromatic heterocycles. The van der Waals surface area contributed by atoms with E-state index in [9.17, 15) is 0 Å². The van der Waals surface area contributed by atoms with Crippen molar-refractivity contribution in [3.8, 4) is 6.07 Å². The Labute approximate surface area is 80.0 Å². The first-order valence-electron chi connectivity index (χ1n) is 4.01. The molecule has 0 radical (unpaired) electrons. The summed E-state index contributed by atoms with van der Waals surface area (Å²) in [7, 11) is 0. The van der Waals surface area contributed by atoms with Gasteiger partial charge in [-0.1, -0.05) is 25.7 Å². The lowest BCUT2D eigenvalue weighted by Crippen LogP contribution is -2.06. The van der Waals surface area contributed by atoms with Crippen molar-refractivity contribution in [3.05, 3.63) is 0 Å². The van der Waals surface area contributed by atoms with Gasteiger partial charge < -0.3 is 4.52 Å². The third-order valence-electron chi connectivity index (χ3n) is 1.55. The molecule has 0 spiro atoms. The SMILES string of the molecule is CC(C)CO[P@@](C)(=S)[C@@H](C)C#N. The molecule has 12 heavy (non-hydrogen) atoms. The van der Waals surface area contributed by atoms with E-state index in [1.54, 1.807) is 0 Å². The van der Waals surface area contributed by atoms with Gasteiger partial charge in [0.25, 0.3) is 0 Å². The summed E-state index contributed by atoms with van der Waals surface area (Å²) in [4.78, 5) is 0. The van der Waals surface area contributed by atoms with E-state index in [0.29, 0.717) is 12.5 Å². The molecule has 0 heterocycles. The summed E-state index contributed by atoms with van der Waals surface area (Å²) < 4.78 is 5.55. The molecule has 0 saturated carbocycles. The molecule has 0 saturated heterocycles. The first-order valence-corrected chi connectivity index (χ1v) is 7.25. The smallest absolute Gasteiger partial charge is 0.0946 e. The van der Waals surface area contributed by atoms with Gasteiger partial charge in [-0.05, 0) is 19.5 Å². The minimum absolute atomic E-state index is 0.133. The maximum Gasteiger partial charge on any atom is 0.0946 e. The van der Waals surface area contributed by atoms with Crippen molar-refractivity contribution >= 4 is 18.1 Å². The third-order valence-corrected chi connectivity index (χ3v) is 5.00. The average molecular weight is 205 g/mol. The zero-order valence-corrected chi connectivity index (χ0v) is 9.78. The monoisotopic (exact) mass is 205 g/mol. The van der Waals surface area contributed by atoms with E-state index in [1.165, 1.54) is 0 Å². The van der Waals surface area contributed by atoms with Crippen LogP contribution in [0.15, 0.2) is 0 Å². The summed E-state index contributed by atoms with van der Waals surface area (Å²) in [6.45, 7) is 8.54. The highest BCUT2D eigenvalue weighted by atomic mass is 32.4. The Kier molecular flexibility index (Phi) is 5.01. The predicted octanol–water partition coefficient (Wildman–Crippen LogP) is 2.60. The van der Waals surface area contributed by atoms with Crippen molar-refractivity contribution in [2.45, 2.75) is 26.4 Å². The summed E-state index contributed by atoms with van der Waals surface area (Å²) in [6.07, 6.45) is -1.87. The van der Waals surface area contributed by atoms with E-state index in [2.05, 4.69) is 19.9 Å². The molecule has 0 aromatic rings. The van der Waals surface area contributed by atoms with Gasteiger partial charge in [0.15, 0.2) is 0 Å². The van der Waals surface area contributed by atoms with Crippen LogP contribution in [-0.4, -0.2) is 18.9 Å². The van der Waals surface area contributed by atoms with Crippen molar-refractivity contribution in [2.24, 2.45) is 5.92 Å². The highest BCUT2D eigenvalue weighted by Crippen LogP contribution is 2.48. The van der Waals surface area contributed by atoms with Crippen LogP contribution in [0.5, 0.6) is 0 Å². The summed E-state index contributed by atoms with van der Waals surface area (Å²) in [5.41, 5.74) is -0.133. The number of nitrogens with zero attached hydrogens (tertiary/aromatic N) is 1. The largest absolute Gasteiger partial charge is 0.349 e. The summed E-state index contributed by atoms with van der Waals surface area (Å²) >= 11 is 5.25. The van der Waals surface area contributed by atoms with Crippen LogP contribution >= 0.6 is 6.26 Å². The molecule has 70 valence electrons.